The highest BCUT2D eigenvalue weighted by Gasteiger charge is 2.20. The predicted molar refractivity (Wildman–Crippen MR) is 72.8 cm³/mol. The van der Waals surface area contributed by atoms with Gasteiger partial charge in [-0.3, -0.25) is 9.78 Å². The lowest BCUT2D eigenvalue weighted by Gasteiger charge is -2.22. The molecule has 98 valence electrons. The molecule has 1 aromatic rings. The zero-order chi connectivity index (χ0) is 13.2. The Morgan fingerprint density at radius 1 is 1.28 bits per heavy atom. The number of hydrogen-bond acceptors (Lipinski definition) is 3. The molecular weight excluding hydrogens is 226 g/mol. The lowest BCUT2D eigenvalue weighted by molar-refractivity contribution is -0.118. The number of hydrogen-bond donors (Lipinski definition) is 1. The van der Waals surface area contributed by atoms with Gasteiger partial charge in [0.15, 0.2) is 0 Å². The van der Waals surface area contributed by atoms with Crippen molar-refractivity contribution in [3.05, 3.63) is 24.0 Å². The van der Waals surface area contributed by atoms with E-state index < -0.39 is 0 Å². The molecule has 1 saturated heterocycles. The predicted octanol–water partition coefficient (Wildman–Crippen LogP) is 1.71. The van der Waals surface area contributed by atoms with E-state index in [4.69, 9.17) is 0 Å². The number of pyridine rings is 1. The van der Waals surface area contributed by atoms with Gasteiger partial charge in [0.05, 0.1) is 11.9 Å². The van der Waals surface area contributed by atoms with Gasteiger partial charge in [0.25, 0.3) is 0 Å². The third-order valence-electron chi connectivity index (χ3n) is 3.16. The minimum atomic E-state index is 0.0445. The van der Waals surface area contributed by atoms with Gasteiger partial charge in [0.1, 0.15) is 0 Å². The van der Waals surface area contributed by atoms with Crippen molar-refractivity contribution < 1.29 is 4.79 Å². The molecule has 18 heavy (non-hydrogen) atoms. The molecule has 1 aliphatic heterocycles. The van der Waals surface area contributed by atoms with Crippen molar-refractivity contribution in [2.75, 3.05) is 24.5 Å². The molecule has 0 spiro atoms. The maximum atomic E-state index is 12.0. The van der Waals surface area contributed by atoms with E-state index in [0.717, 1.165) is 31.0 Å². The maximum Gasteiger partial charge on any atom is 0.228 e. The van der Waals surface area contributed by atoms with Crippen molar-refractivity contribution in [2.24, 2.45) is 0 Å². The van der Waals surface area contributed by atoms with Crippen LogP contribution >= 0.6 is 0 Å². The van der Waals surface area contributed by atoms with E-state index in [0.29, 0.717) is 6.42 Å². The summed E-state index contributed by atoms with van der Waals surface area (Å²) in [7, 11) is 0. The molecule has 0 unspecified atom stereocenters. The Kier molecular flexibility index (Phi) is 3.66. The van der Waals surface area contributed by atoms with Gasteiger partial charge in [-0.05, 0) is 12.1 Å². The number of anilines is 1. The molecule has 1 aliphatic rings. The number of nitrogens with one attached hydrogen (secondary N) is 1. The standard InChI is InChI=1S/C14H21N3O/c1-14(2,3)12-5-4-11(10-16-12)17-9-8-15-7-6-13(17)18/h4-5,10,15H,6-9H2,1-3H3. The average Bonchev–Trinajstić information content (AvgIpc) is 2.53. The lowest BCUT2D eigenvalue weighted by Crippen LogP contribution is -2.32. The molecule has 0 radical (unpaired) electrons. The molecule has 1 amide bonds. The van der Waals surface area contributed by atoms with Gasteiger partial charge < -0.3 is 10.2 Å². The topological polar surface area (TPSA) is 45.2 Å². The summed E-state index contributed by atoms with van der Waals surface area (Å²) in [4.78, 5) is 18.2. The van der Waals surface area contributed by atoms with Crippen molar-refractivity contribution in [3.63, 3.8) is 0 Å². The molecule has 0 aromatic carbocycles. The van der Waals surface area contributed by atoms with Crippen molar-refractivity contribution in [1.29, 1.82) is 0 Å². The van der Waals surface area contributed by atoms with E-state index in [1.54, 1.807) is 0 Å². The van der Waals surface area contributed by atoms with Crippen molar-refractivity contribution in [1.82, 2.24) is 10.3 Å². The average molecular weight is 247 g/mol. The lowest BCUT2D eigenvalue weighted by atomic mass is 9.92. The van der Waals surface area contributed by atoms with E-state index in [-0.39, 0.29) is 11.3 Å². The fourth-order valence-corrected chi connectivity index (χ4v) is 2.03. The molecule has 4 nitrogen and oxygen atoms in total. The molecule has 4 heteroatoms. The summed E-state index contributed by atoms with van der Waals surface area (Å²) in [6, 6.07) is 4.01. The molecule has 1 fully saturated rings. The minimum Gasteiger partial charge on any atom is -0.314 e. The smallest absolute Gasteiger partial charge is 0.228 e. The largest absolute Gasteiger partial charge is 0.314 e. The van der Waals surface area contributed by atoms with E-state index in [1.807, 2.05) is 23.2 Å². The van der Waals surface area contributed by atoms with Gasteiger partial charge in [-0.2, -0.15) is 0 Å². The summed E-state index contributed by atoms with van der Waals surface area (Å²) in [5.41, 5.74) is 1.99. The number of rotatable bonds is 1. The highest BCUT2D eigenvalue weighted by Crippen LogP contribution is 2.22. The Labute approximate surface area is 108 Å². The molecule has 0 atom stereocenters. The van der Waals surface area contributed by atoms with Gasteiger partial charge in [0, 0.05) is 37.2 Å². The van der Waals surface area contributed by atoms with Crippen LogP contribution in [-0.4, -0.2) is 30.5 Å². The first kappa shape index (κ1) is 13.0. The van der Waals surface area contributed by atoms with Crippen LogP contribution in [0, 0.1) is 0 Å². The van der Waals surface area contributed by atoms with Gasteiger partial charge in [-0.25, -0.2) is 0 Å². The summed E-state index contributed by atoms with van der Waals surface area (Å²) >= 11 is 0. The third-order valence-corrected chi connectivity index (χ3v) is 3.16. The maximum absolute atomic E-state index is 12.0. The molecule has 2 heterocycles. The Morgan fingerprint density at radius 2 is 2.06 bits per heavy atom. The summed E-state index contributed by atoms with van der Waals surface area (Å²) in [6.07, 6.45) is 2.37. The van der Waals surface area contributed by atoms with Gasteiger partial charge in [-0.1, -0.05) is 20.8 Å². The molecule has 0 saturated carbocycles. The van der Waals surface area contributed by atoms with Crippen LogP contribution in [0.5, 0.6) is 0 Å². The summed E-state index contributed by atoms with van der Waals surface area (Å²) in [5.74, 6) is 0.172. The third kappa shape index (κ3) is 2.88. The van der Waals surface area contributed by atoms with E-state index in [1.165, 1.54) is 0 Å². The normalized spacial score (nSPS) is 17.7. The summed E-state index contributed by atoms with van der Waals surface area (Å²) in [5, 5.41) is 3.23. The van der Waals surface area contributed by atoms with E-state index >= 15 is 0 Å². The second-order valence-electron chi connectivity index (χ2n) is 5.70. The van der Waals surface area contributed by atoms with Crippen LogP contribution in [0.3, 0.4) is 0 Å². The van der Waals surface area contributed by atoms with Gasteiger partial charge in [0.2, 0.25) is 5.91 Å². The van der Waals surface area contributed by atoms with Crippen molar-refractivity contribution >= 4 is 11.6 Å². The fourth-order valence-electron chi connectivity index (χ4n) is 2.03. The van der Waals surface area contributed by atoms with Crippen LogP contribution in [0.15, 0.2) is 18.3 Å². The molecular formula is C14H21N3O. The van der Waals surface area contributed by atoms with Crippen molar-refractivity contribution in [3.8, 4) is 0 Å². The minimum absolute atomic E-state index is 0.0445. The van der Waals surface area contributed by atoms with Gasteiger partial charge >= 0.3 is 0 Å². The first-order valence-corrected chi connectivity index (χ1v) is 6.46. The Morgan fingerprint density at radius 3 is 2.67 bits per heavy atom. The van der Waals surface area contributed by atoms with Crippen molar-refractivity contribution in [2.45, 2.75) is 32.6 Å². The van der Waals surface area contributed by atoms with Gasteiger partial charge in [-0.15, -0.1) is 0 Å². The summed E-state index contributed by atoms with van der Waals surface area (Å²) in [6.45, 7) is 8.73. The molecule has 1 aromatic heterocycles. The molecule has 1 N–H and O–H groups in total. The first-order valence-electron chi connectivity index (χ1n) is 6.46. The van der Waals surface area contributed by atoms with E-state index in [9.17, 15) is 4.79 Å². The highest BCUT2D eigenvalue weighted by molar-refractivity contribution is 5.93. The molecule has 0 aliphatic carbocycles. The Bertz CT molecular complexity index is 420. The van der Waals surface area contributed by atoms with Crippen LogP contribution in [0.4, 0.5) is 5.69 Å². The van der Waals surface area contributed by atoms with E-state index in [2.05, 4.69) is 31.1 Å². The number of amides is 1. The monoisotopic (exact) mass is 247 g/mol. The SMILES string of the molecule is CC(C)(C)c1ccc(N2CCNCCC2=O)cn1. The number of carbonyl (C=O) groups excluding carboxylic acids is 1. The Balaban J connectivity index is 2.20. The quantitative estimate of drug-likeness (QED) is 0.821. The van der Waals surface area contributed by atoms with Crippen LogP contribution in [0.2, 0.25) is 0 Å². The molecule has 0 bridgehead atoms. The highest BCUT2D eigenvalue weighted by atomic mass is 16.2. The van der Waals surface area contributed by atoms with Crippen LogP contribution < -0.4 is 10.2 Å². The second-order valence-corrected chi connectivity index (χ2v) is 5.70. The number of carbonyl (C=O) groups is 1. The zero-order valence-corrected chi connectivity index (χ0v) is 11.4. The Hall–Kier alpha value is -1.42. The first-order chi connectivity index (χ1) is 8.48. The number of nitrogens with zero attached hydrogens (tertiary/aromatic N) is 2. The number of aromatic nitrogens is 1. The zero-order valence-electron chi connectivity index (χ0n) is 11.4. The van der Waals surface area contributed by atoms with Crippen LogP contribution in [0.25, 0.3) is 0 Å². The second kappa shape index (κ2) is 5.06. The molecule has 2 rings (SSSR count). The van der Waals surface area contributed by atoms with Crippen LogP contribution in [0.1, 0.15) is 32.9 Å². The summed E-state index contributed by atoms with van der Waals surface area (Å²) < 4.78 is 0. The van der Waals surface area contributed by atoms with Crippen LogP contribution in [-0.2, 0) is 10.2 Å². The fraction of sp³-hybridized carbons (Fsp3) is 0.571.